The lowest BCUT2D eigenvalue weighted by atomic mass is 10.1. The standard InChI is InChI=1S/C16H21N3O.C2HF3O2/c1-10-5-4-6-11(7-10)19-15(18-20-16(19,2)3)14-12-8-17-9-13(12)14;3-2(4,5)1(6)7/h4-7,12-14,17H,8-9H2,1-3H3;(H,6,7)/t12-,13+,14?;. The van der Waals surface area contributed by atoms with Crippen LogP contribution in [-0.2, 0) is 9.63 Å². The van der Waals surface area contributed by atoms with Crippen molar-refractivity contribution in [3.8, 4) is 0 Å². The summed E-state index contributed by atoms with van der Waals surface area (Å²) in [6.07, 6.45) is -5.08. The number of anilines is 1. The molecule has 1 saturated carbocycles. The molecule has 1 aliphatic carbocycles. The Morgan fingerprint density at radius 3 is 2.44 bits per heavy atom. The third-order valence-corrected chi connectivity index (χ3v) is 5.02. The molecule has 1 aromatic rings. The third-order valence-electron chi connectivity index (χ3n) is 5.02. The van der Waals surface area contributed by atoms with Gasteiger partial charge in [-0.3, -0.25) is 4.90 Å². The fourth-order valence-corrected chi connectivity index (χ4v) is 3.74. The molecule has 0 amide bonds. The monoisotopic (exact) mass is 385 g/mol. The van der Waals surface area contributed by atoms with E-state index in [1.807, 2.05) is 0 Å². The lowest BCUT2D eigenvalue weighted by Crippen LogP contribution is -2.45. The molecule has 3 atom stereocenters. The van der Waals surface area contributed by atoms with E-state index in [-0.39, 0.29) is 0 Å². The van der Waals surface area contributed by atoms with E-state index in [1.165, 1.54) is 11.3 Å². The molecule has 148 valence electrons. The summed E-state index contributed by atoms with van der Waals surface area (Å²) in [5, 5.41) is 15.0. The number of nitrogens with zero attached hydrogens (tertiary/aromatic N) is 2. The van der Waals surface area contributed by atoms with Gasteiger partial charge in [-0.1, -0.05) is 17.3 Å². The van der Waals surface area contributed by atoms with Crippen LogP contribution < -0.4 is 10.2 Å². The molecule has 0 spiro atoms. The Balaban J connectivity index is 0.000000260. The van der Waals surface area contributed by atoms with Crippen molar-refractivity contribution in [1.29, 1.82) is 0 Å². The zero-order valence-corrected chi connectivity index (χ0v) is 15.2. The minimum absolute atomic E-state index is 0.395. The van der Waals surface area contributed by atoms with E-state index in [0.717, 1.165) is 30.8 Å². The molecule has 6 nitrogen and oxygen atoms in total. The van der Waals surface area contributed by atoms with Crippen LogP contribution in [0.5, 0.6) is 0 Å². The number of hydrogen-bond donors (Lipinski definition) is 2. The van der Waals surface area contributed by atoms with E-state index in [9.17, 15) is 13.2 Å². The van der Waals surface area contributed by atoms with Crippen LogP contribution >= 0.6 is 0 Å². The number of carboxylic acid groups (broad SMARTS) is 1. The molecular weight excluding hydrogens is 363 g/mol. The van der Waals surface area contributed by atoms with Crippen LogP contribution in [0.25, 0.3) is 0 Å². The number of alkyl halides is 3. The summed E-state index contributed by atoms with van der Waals surface area (Å²) < 4.78 is 31.7. The number of benzene rings is 1. The zero-order valence-electron chi connectivity index (χ0n) is 15.2. The predicted octanol–water partition coefficient (Wildman–Crippen LogP) is 2.98. The first-order valence-corrected chi connectivity index (χ1v) is 8.66. The van der Waals surface area contributed by atoms with Gasteiger partial charge in [-0.2, -0.15) is 13.2 Å². The SMILES string of the molecule is Cc1cccc(N2C(C3[C@H]4CNC[C@@H]34)=NOC2(C)C)c1.O=C(O)C(F)(F)F. The summed E-state index contributed by atoms with van der Waals surface area (Å²) >= 11 is 0. The quantitative estimate of drug-likeness (QED) is 0.819. The largest absolute Gasteiger partial charge is 0.490 e. The summed E-state index contributed by atoms with van der Waals surface area (Å²) in [5.74, 6) is 0.431. The van der Waals surface area contributed by atoms with Crippen molar-refractivity contribution in [3.05, 3.63) is 29.8 Å². The summed E-state index contributed by atoms with van der Waals surface area (Å²) in [7, 11) is 0. The van der Waals surface area contributed by atoms with Gasteiger partial charge in [0, 0.05) is 11.6 Å². The number of halogens is 3. The fourth-order valence-electron chi connectivity index (χ4n) is 3.74. The number of aliphatic carboxylic acids is 1. The minimum atomic E-state index is -5.08. The number of rotatable bonds is 2. The van der Waals surface area contributed by atoms with Gasteiger partial charge >= 0.3 is 12.1 Å². The van der Waals surface area contributed by atoms with E-state index in [2.05, 4.69) is 60.4 Å². The first-order chi connectivity index (χ1) is 12.5. The molecule has 2 fully saturated rings. The second-order valence-electron chi connectivity index (χ2n) is 7.48. The molecule has 4 rings (SSSR count). The molecule has 0 bridgehead atoms. The van der Waals surface area contributed by atoms with Crippen molar-refractivity contribution < 1.29 is 27.9 Å². The highest BCUT2D eigenvalue weighted by Crippen LogP contribution is 2.52. The van der Waals surface area contributed by atoms with Crippen molar-refractivity contribution in [2.45, 2.75) is 32.7 Å². The third kappa shape index (κ3) is 3.87. The first kappa shape index (κ1) is 19.5. The maximum Gasteiger partial charge on any atom is 0.490 e. The number of aryl methyl sites for hydroxylation is 1. The maximum absolute atomic E-state index is 10.6. The zero-order chi connectivity index (χ0) is 20.0. The van der Waals surface area contributed by atoms with Gasteiger partial charge < -0.3 is 15.3 Å². The Hall–Kier alpha value is -2.29. The molecule has 9 heteroatoms. The van der Waals surface area contributed by atoms with Crippen LogP contribution in [0.4, 0.5) is 18.9 Å². The number of amidine groups is 1. The summed E-state index contributed by atoms with van der Waals surface area (Å²) in [5.41, 5.74) is 2.05. The van der Waals surface area contributed by atoms with E-state index in [1.54, 1.807) is 0 Å². The van der Waals surface area contributed by atoms with Gasteiger partial charge in [-0.25, -0.2) is 4.79 Å². The highest BCUT2D eigenvalue weighted by atomic mass is 19.4. The van der Waals surface area contributed by atoms with Crippen LogP contribution in [0.3, 0.4) is 0 Å². The number of nitrogens with one attached hydrogen (secondary N) is 1. The Labute approximate surface area is 155 Å². The van der Waals surface area contributed by atoms with Crippen molar-refractivity contribution in [1.82, 2.24) is 5.32 Å². The van der Waals surface area contributed by atoms with Crippen molar-refractivity contribution in [2.75, 3.05) is 18.0 Å². The number of piperidine rings is 1. The molecular formula is C18H22F3N3O3. The van der Waals surface area contributed by atoms with Gasteiger partial charge in [0.25, 0.3) is 0 Å². The van der Waals surface area contributed by atoms with Gasteiger partial charge in [0.2, 0.25) is 5.72 Å². The molecule has 1 saturated heterocycles. The smallest absolute Gasteiger partial charge is 0.475 e. The van der Waals surface area contributed by atoms with Crippen LogP contribution in [0, 0.1) is 24.7 Å². The van der Waals surface area contributed by atoms with Crippen molar-refractivity contribution in [2.24, 2.45) is 22.9 Å². The van der Waals surface area contributed by atoms with Gasteiger partial charge in [-0.05, 0) is 63.4 Å². The Bertz CT molecular complexity index is 754. The van der Waals surface area contributed by atoms with Crippen molar-refractivity contribution in [3.63, 3.8) is 0 Å². The molecule has 2 aliphatic heterocycles. The Kier molecular flexibility index (Phi) is 4.83. The Morgan fingerprint density at radius 2 is 1.93 bits per heavy atom. The van der Waals surface area contributed by atoms with E-state index in [0.29, 0.717) is 5.92 Å². The van der Waals surface area contributed by atoms with Crippen LogP contribution in [0.2, 0.25) is 0 Å². The van der Waals surface area contributed by atoms with Gasteiger partial charge in [0.1, 0.15) is 0 Å². The topological polar surface area (TPSA) is 74.2 Å². The Morgan fingerprint density at radius 1 is 1.33 bits per heavy atom. The van der Waals surface area contributed by atoms with Gasteiger partial charge in [0.05, 0.1) is 0 Å². The first-order valence-electron chi connectivity index (χ1n) is 8.66. The molecule has 3 aliphatic rings. The number of fused-ring (bicyclic) bond motifs is 1. The van der Waals surface area contributed by atoms with E-state index in [4.69, 9.17) is 14.7 Å². The van der Waals surface area contributed by atoms with E-state index >= 15 is 0 Å². The summed E-state index contributed by atoms with van der Waals surface area (Å²) in [4.78, 5) is 16.9. The highest BCUT2D eigenvalue weighted by Gasteiger charge is 2.59. The lowest BCUT2D eigenvalue weighted by molar-refractivity contribution is -0.192. The molecule has 1 unspecified atom stereocenters. The molecule has 0 aromatic heterocycles. The average molecular weight is 385 g/mol. The molecule has 1 aromatic carbocycles. The van der Waals surface area contributed by atoms with Gasteiger partial charge in [-0.15, -0.1) is 0 Å². The number of carboxylic acids is 1. The number of oxime groups is 1. The van der Waals surface area contributed by atoms with Gasteiger partial charge in [0.15, 0.2) is 5.84 Å². The predicted molar refractivity (Wildman–Crippen MR) is 93.3 cm³/mol. The normalized spacial score (nSPS) is 27.9. The minimum Gasteiger partial charge on any atom is -0.475 e. The lowest BCUT2D eigenvalue weighted by Gasteiger charge is -2.32. The highest BCUT2D eigenvalue weighted by molar-refractivity contribution is 6.03. The second kappa shape index (κ2) is 6.70. The van der Waals surface area contributed by atoms with E-state index < -0.39 is 17.9 Å². The van der Waals surface area contributed by atoms with Crippen LogP contribution in [0.15, 0.2) is 29.4 Å². The van der Waals surface area contributed by atoms with Crippen LogP contribution in [-0.4, -0.2) is 41.9 Å². The number of carbonyl (C=O) groups is 1. The second-order valence-corrected chi connectivity index (χ2v) is 7.48. The maximum atomic E-state index is 10.6. The fraction of sp³-hybridized carbons (Fsp3) is 0.556. The molecule has 27 heavy (non-hydrogen) atoms. The molecule has 0 radical (unpaired) electrons. The summed E-state index contributed by atoms with van der Waals surface area (Å²) in [6.45, 7) is 8.54. The molecule has 2 heterocycles. The van der Waals surface area contributed by atoms with Crippen molar-refractivity contribution >= 4 is 17.5 Å². The summed E-state index contributed by atoms with van der Waals surface area (Å²) in [6, 6.07) is 8.59. The van der Waals surface area contributed by atoms with Crippen LogP contribution in [0.1, 0.15) is 19.4 Å². The average Bonchev–Trinajstić information content (AvgIpc) is 2.89. The number of hydrogen-bond acceptors (Lipinski definition) is 5. The molecule has 2 N–H and O–H groups in total.